The Kier molecular flexibility index (Phi) is 8.37. The lowest BCUT2D eigenvalue weighted by Gasteiger charge is -2.24. The van der Waals surface area contributed by atoms with E-state index in [0.717, 1.165) is 37.7 Å². The van der Waals surface area contributed by atoms with E-state index >= 15 is 0 Å². The topological polar surface area (TPSA) is 84.9 Å². The van der Waals surface area contributed by atoms with Crippen molar-refractivity contribution in [2.75, 3.05) is 33.1 Å². The van der Waals surface area contributed by atoms with Crippen molar-refractivity contribution >= 4 is 15.9 Å². The highest BCUT2D eigenvalue weighted by atomic mass is 32.2. The van der Waals surface area contributed by atoms with Crippen LogP contribution < -0.4 is 14.8 Å². The van der Waals surface area contributed by atoms with E-state index in [0.29, 0.717) is 5.75 Å². The number of carbonyl (C=O) groups is 1. The Morgan fingerprint density at radius 3 is 2.33 bits per heavy atom. The predicted molar refractivity (Wildman–Crippen MR) is 105 cm³/mol. The van der Waals surface area contributed by atoms with Gasteiger partial charge in [0.1, 0.15) is 18.1 Å². The van der Waals surface area contributed by atoms with Crippen molar-refractivity contribution in [1.82, 2.24) is 9.62 Å². The third-order valence-electron chi connectivity index (χ3n) is 4.70. The summed E-state index contributed by atoms with van der Waals surface area (Å²) in [5, 5.41) is 3.01. The molecule has 1 saturated carbocycles. The fourth-order valence-electron chi connectivity index (χ4n) is 3.15. The number of rotatable bonds is 10. The first-order chi connectivity index (χ1) is 12.9. The van der Waals surface area contributed by atoms with Gasteiger partial charge in [-0.15, -0.1) is 0 Å². The fraction of sp³-hybridized carbons (Fsp3) is 0.632. The first-order valence-corrected chi connectivity index (χ1v) is 11.2. The minimum Gasteiger partial charge on any atom is -0.497 e. The number of hydrogen-bond donors (Lipinski definition) is 1. The van der Waals surface area contributed by atoms with Crippen molar-refractivity contribution in [3.63, 3.8) is 0 Å². The van der Waals surface area contributed by atoms with Gasteiger partial charge in [-0.2, -0.15) is 4.31 Å². The van der Waals surface area contributed by atoms with Crippen molar-refractivity contribution in [2.45, 2.75) is 44.6 Å². The lowest BCUT2D eigenvalue weighted by atomic mass is 9.95. The molecule has 8 heteroatoms. The minimum absolute atomic E-state index is 0.0911. The second-order valence-electron chi connectivity index (χ2n) is 6.84. The van der Waals surface area contributed by atoms with E-state index in [4.69, 9.17) is 9.47 Å². The quantitative estimate of drug-likeness (QED) is 0.653. The van der Waals surface area contributed by atoms with E-state index in [1.165, 1.54) is 10.7 Å². The Morgan fingerprint density at radius 2 is 1.74 bits per heavy atom. The molecule has 0 aliphatic heterocycles. The van der Waals surface area contributed by atoms with Crippen LogP contribution in [0.15, 0.2) is 24.3 Å². The first kappa shape index (κ1) is 21.5. The van der Waals surface area contributed by atoms with Crippen molar-refractivity contribution < 1.29 is 22.7 Å². The summed E-state index contributed by atoms with van der Waals surface area (Å²) in [7, 11) is -1.82. The van der Waals surface area contributed by atoms with Crippen LogP contribution in [0, 0.1) is 0 Å². The van der Waals surface area contributed by atoms with E-state index in [2.05, 4.69) is 5.32 Å². The Morgan fingerprint density at radius 1 is 1.11 bits per heavy atom. The SMILES string of the molecule is COc1ccc(OCCN(CCC(=O)NC2CCCCC2)S(C)(=O)=O)cc1. The highest BCUT2D eigenvalue weighted by molar-refractivity contribution is 7.88. The Labute approximate surface area is 162 Å². The maximum atomic E-state index is 12.1. The lowest BCUT2D eigenvalue weighted by molar-refractivity contribution is -0.122. The number of nitrogens with one attached hydrogen (secondary N) is 1. The molecule has 1 aliphatic carbocycles. The van der Waals surface area contributed by atoms with Gasteiger partial charge in [-0.25, -0.2) is 8.42 Å². The van der Waals surface area contributed by atoms with E-state index in [1.54, 1.807) is 31.4 Å². The first-order valence-electron chi connectivity index (χ1n) is 9.40. The molecule has 0 bridgehead atoms. The maximum absolute atomic E-state index is 12.1. The summed E-state index contributed by atoms with van der Waals surface area (Å²) in [6.07, 6.45) is 6.84. The summed E-state index contributed by atoms with van der Waals surface area (Å²) >= 11 is 0. The summed E-state index contributed by atoms with van der Waals surface area (Å²) in [6, 6.07) is 7.32. The standard InChI is InChI=1S/C19H30N2O5S/c1-25-17-8-10-18(11-9-17)26-15-14-21(27(2,23)24)13-12-19(22)20-16-6-4-3-5-7-16/h8-11,16H,3-7,12-15H2,1-2H3,(H,20,22). The molecule has 1 aliphatic rings. The molecular formula is C19H30N2O5S. The smallest absolute Gasteiger partial charge is 0.221 e. The molecule has 152 valence electrons. The summed E-state index contributed by atoms with van der Waals surface area (Å²) < 4.78 is 35.9. The Balaban J connectivity index is 1.77. The van der Waals surface area contributed by atoms with Crippen LogP contribution in [0.5, 0.6) is 11.5 Å². The molecule has 27 heavy (non-hydrogen) atoms. The molecule has 0 atom stereocenters. The number of nitrogens with zero attached hydrogens (tertiary/aromatic N) is 1. The molecule has 0 unspecified atom stereocenters. The van der Waals surface area contributed by atoms with Gasteiger partial charge in [-0.1, -0.05) is 19.3 Å². The third kappa shape index (κ3) is 7.76. The summed E-state index contributed by atoms with van der Waals surface area (Å²) in [6.45, 7) is 0.564. The molecule has 0 saturated heterocycles. The van der Waals surface area contributed by atoms with Gasteiger partial charge in [0.05, 0.1) is 13.4 Å². The highest BCUT2D eigenvalue weighted by Crippen LogP contribution is 2.18. The van der Waals surface area contributed by atoms with Gasteiger partial charge in [-0.05, 0) is 37.1 Å². The molecule has 1 aromatic rings. The normalized spacial score (nSPS) is 15.5. The second-order valence-corrected chi connectivity index (χ2v) is 8.82. The predicted octanol–water partition coefficient (Wildman–Crippen LogP) is 2.17. The number of hydrogen-bond acceptors (Lipinski definition) is 5. The highest BCUT2D eigenvalue weighted by Gasteiger charge is 2.20. The minimum atomic E-state index is -3.41. The van der Waals surface area contributed by atoms with Gasteiger partial charge in [0.25, 0.3) is 0 Å². The second kappa shape index (κ2) is 10.5. The molecule has 2 rings (SSSR count). The van der Waals surface area contributed by atoms with Crippen LogP contribution in [0.25, 0.3) is 0 Å². The van der Waals surface area contributed by atoms with E-state index < -0.39 is 10.0 Å². The molecule has 1 fully saturated rings. The molecule has 1 aromatic carbocycles. The number of amides is 1. The zero-order chi connectivity index (χ0) is 19.7. The largest absolute Gasteiger partial charge is 0.497 e. The number of sulfonamides is 1. The average molecular weight is 399 g/mol. The zero-order valence-electron chi connectivity index (χ0n) is 16.1. The molecular weight excluding hydrogens is 368 g/mol. The van der Waals surface area contributed by atoms with Crippen LogP contribution in [0.4, 0.5) is 0 Å². The van der Waals surface area contributed by atoms with E-state index in [9.17, 15) is 13.2 Å². The Bertz CT molecular complexity index is 685. The van der Waals surface area contributed by atoms with Crippen LogP contribution in [-0.2, 0) is 14.8 Å². The van der Waals surface area contributed by atoms with Gasteiger partial charge in [0, 0.05) is 25.6 Å². The van der Waals surface area contributed by atoms with Crippen LogP contribution in [0.1, 0.15) is 38.5 Å². The average Bonchev–Trinajstić information content (AvgIpc) is 2.64. The van der Waals surface area contributed by atoms with Crippen LogP contribution in [0.3, 0.4) is 0 Å². The van der Waals surface area contributed by atoms with Crippen LogP contribution >= 0.6 is 0 Å². The molecule has 0 heterocycles. The fourth-order valence-corrected chi connectivity index (χ4v) is 3.98. The molecule has 0 aromatic heterocycles. The van der Waals surface area contributed by atoms with Crippen molar-refractivity contribution in [2.24, 2.45) is 0 Å². The molecule has 0 radical (unpaired) electrons. The lowest BCUT2D eigenvalue weighted by Crippen LogP contribution is -2.40. The maximum Gasteiger partial charge on any atom is 0.221 e. The number of benzene rings is 1. The van der Waals surface area contributed by atoms with Crippen LogP contribution in [0.2, 0.25) is 0 Å². The van der Waals surface area contributed by atoms with Gasteiger partial charge in [0.15, 0.2) is 0 Å². The molecule has 7 nitrogen and oxygen atoms in total. The van der Waals surface area contributed by atoms with Crippen molar-refractivity contribution in [3.05, 3.63) is 24.3 Å². The van der Waals surface area contributed by atoms with Gasteiger partial charge >= 0.3 is 0 Å². The Hall–Kier alpha value is -1.80. The summed E-state index contributed by atoms with van der Waals surface area (Å²) in [4.78, 5) is 12.1. The van der Waals surface area contributed by atoms with Gasteiger partial charge < -0.3 is 14.8 Å². The van der Waals surface area contributed by atoms with Gasteiger partial charge in [0.2, 0.25) is 15.9 Å². The third-order valence-corrected chi connectivity index (χ3v) is 6.00. The van der Waals surface area contributed by atoms with Crippen LogP contribution in [-0.4, -0.2) is 57.7 Å². The zero-order valence-corrected chi connectivity index (χ0v) is 17.0. The molecule has 0 spiro atoms. The van der Waals surface area contributed by atoms with E-state index in [-0.39, 0.29) is 38.1 Å². The molecule has 1 N–H and O–H groups in total. The van der Waals surface area contributed by atoms with E-state index in [1.807, 2.05) is 0 Å². The van der Waals surface area contributed by atoms with Crippen molar-refractivity contribution in [3.8, 4) is 11.5 Å². The van der Waals surface area contributed by atoms with Gasteiger partial charge in [-0.3, -0.25) is 4.79 Å². The van der Waals surface area contributed by atoms with Crippen molar-refractivity contribution in [1.29, 1.82) is 0 Å². The summed E-state index contributed by atoms with van der Waals surface area (Å²) in [5.41, 5.74) is 0. The molecule has 1 amide bonds. The number of carbonyl (C=O) groups excluding carboxylic acids is 1. The monoisotopic (exact) mass is 398 g/mol. The number of methoxy groups -OCH3 is 1. The number of ether oxygens (including phenoxy) is 2. The summed E-state index contributed by atoms with van der Waals surface area (Å²) in [5.74, 6) is 1.27.